The number of methoxy groups -OCH3 is 1. The van der Waals surface area contributed by atoms with Crippen LogP contribution in [-0.2, 0) is 18.3 Å². The molecule has 0 atom stereocenters. The number of hydrogen-bond acceptors (Lipinski definition) is 5. The van der Waals surface area contributed by atoms with E-state index in [4.69, 9.17) is 4.74 Å². The van der Waals surface area contributed by atoms with Gasteiger partial charge in [-0.2, -0.15) is 0 Å². The molecular formula is C21H22N4O5. The zero-order valence-corrected chi connectivity index (χ0v) is 16.9. The van der Waals surface area contributed by atoms with Gasteiger partial charge in [0.2, 0.25) is 0 Å². The number of nitrogens with one attached hydrogen (secondary N) is 2. The van der Waals surface area contributed by atoms with Crippen molar-refractivity contribution in [3.63, 3.8) is 0 Å². The van der Waals surface area contributed by atoms with E-state index >= 15 is 0 Å². The number of carbonyl (C=O) groups is 2. The zero-order valence-electron chi connectivity index (χ0n) is 16.9. The highest BCUT2D eigenvalue weighted by Gasteiger charge is 2.12. The van der Waals surface area contributed by atoms with Crippen LogP contribution in [-0.4, -0.2) is 34.7 Å². The number of fused-ring (bicyclic) bond motifs is 1. The van der Waals surface area contributed by atoms with E-state index in [-0.39, 0.29) is 18.9 Å². The number of ether oxygens (including phenoxy) is 1. The fourth-order valence-corrected chi connectivity index (χ4v) is 3.08. The smallest absolute Gasteiger partial charge is 0.331 e. The molecule has 3 rings (SSSR count). The third-order valence-corrected chi connectivity index (χ3v) is 4.66. The van der Waals surface area contributed by atoms with Gasteiger partial charge < -0.3 is 15.4 Å². The number of Topliss-reactive ketones (excluding diaryl/α,β-unsaturated/α-hetero) is 1. The van der Waals surface area contributed by atoms with Gasteiger partial charge in [0, 0.05) is 31.1 Å². The van der Waals surface area contributed by atoms with Crippen molar-refractivity contribution in [2.45, 2.75) is 13.5 Å². The normalized spacial score (nSPS) is 10.8. The molecule has 2 aromatic carbocycles. The maximum atomic E-state index is 12.8. The Balaban J connectivity index is 1.89. The van der Waals surface area contributed by atoms with Crippen LogP contribution < -0.4 is 21.9 Å². The van der Waals surface area contributed by atoms with Gasteiger partial charge in [-0.15, -0.1) is 0 Å². The number of urea groups is 1. The highest BCUT2D eigenvalue weighted by molar-refractivity contribution is 6.02. The zero-order chi connectivity index (χ0) is 21.8. The molecule has 0 unspecified atom stereocenters. The van der Waals surface area contributed by atoms with Crippen molar-refractivity contribution in [2.24, 2.45) is 7.05 Å². The summed E-state index contributed by atoms with van der Waals surface area (Å²) in [4.78, 5) is 49.0. The third-order valence-electron chi connectivity index (χ3n) is 4.66. The average Bonchev–Trinajstić information content (AvgIpc) is 2.72. The summed E-state index contributed by atoms with van der Waals surface area (Å²) in [5, 5.41) is 5.61. The van der Waals surface area contributed by atoms with Crippen molar-refractivity contribution in [3.05, 3.63) is 68.9 Å². The Labute approximate surface area is 171 Å². The van der Waals surface area contributed by atoms with Crippen molar-refractivity contribution < 1.29 is 14.3 Å². The van der Waals surface area contributed by atoms with Crippen molar-refractivity contribution in [1.29, 1.82) is 0 Å². The maximum absolute atomic E-state index is 12.8. The largest absolute Gasteiger partial charge is 0.383 e. The van der Waals surface area contributed by atoms with E-state index in [9.17, 15) is 19.2 Å². The highest BCUT2D eigenvalue weighted by atomic mass is 16.5. The van der Waals surface area contributed by atoms with Gasteiger partial charge >= 0.3 is 11.7 Å². The van der Waals surface area contributed by atoms with Crippen LogP contribution in [0.5, 0.6) is 0 Å². The quantitative estimate of drug-likeness (QED) is 0.605. The Hall–Kier alpha value is -3.72. The topological polar surface area (TPSA) is 111 Å². The number of hydrogen-bond donors (Lipinski definition) is 2. The van der Waals surface area contributed by atoms with Gasteiger partial charge in [0.05, 0.1) is 24.1 Å². The van der Waals surface area contributed by atoms with Crippen LogP contribution in [0.25, 0.3) is 10.9 Å². The third kappa shape index (κ3) is 4.31. The summed E-state index contributed by atoms with van der Waals surface area (Å²) >= 11 is 0. The molecule has 30 heavy (non-hydrogen) atoms. The summed E-state index contributed by atoms with van der Waals surface area (Å²) in [5.41, 5.74) is 0.897. The second-order valence-electron chi connectivity index (χ2n) is 6.74. The molecule has 9 nitrogen and oxygen atoms in total. The molecule has 3 aromatic rings. The number of carbonyl (C=O) groups excluding carboxylic acids is 2. The van der Waals surface area contributed by atoms with Crippen molar-refractivity contribution >= 4 is 34.1 Å². The Morgan fingerprint density at radius 3 is 2.40 bits per heavy atom. The first kappa shape index (κ1) is 21.0. The van der Waals surface area contributed by atoms with E-state index < -0.39 is 17.3 Å². The van der Waals surface area contributed by atoms with Crippen LogP contribution in [0.4, 0.5) is 16.2 Å². The van der Waals surface area contributed by atoms with Crippen LogP contribution in [0.1, 0.15) is 17.3 Å². The predicted molar refractivity (Wildman–Crippen MR) is 114 cm³/mol. The number of rotatable bonds is 6. The minimum Gasteiger partial charge on any atom is -0.383 e. The van der Waals surface area contributed by atoms with Crippen molar-refractivity contribution in [2.75, 3.05) is 24.4 Å². The highest BCUT2D eigenvalue weighted by Crippen LogP contribution is 2.16. The molecule has 0 aliphatic carbocycles. The fraction of sp³-hybridized carbons (Fsp3) is 0.238. The number of aryl methyl sites for hydroxylation is 1. The molecule has 0 aliphatic rings. The molecule has 0 radical (unpaired) electrons. The summed E-state index contributed by atoms with van der Waals surface area (Å²) in [6.45, 7) is 1.80. The molecule has 2 N–H and O–H groups in total. The summed E-state index contributed by atoms with van der Waals surface area (Å²) in [6.07, 6.45) is 0. The summed E-state index contributed by atoms with van der Waals surface area (Å²) in [7, 11) is 3.07. The van der Waals surface area contributed by atoms with E-state index in [1.54, 1.807) is 43.4 Å². The summed E-state index contributed by atoms with van der Waals surface area (Å²) in [5.74, 6) is -0.107. The molecule has 1 aromatic heterocycles. The monoisotopic (exact) mass is 410 g/mol. The maximum Gasteiger partial charge on any atom is 0.331 e. The van der Waals surface area contributed by atoms with Gasteiger partial charge in [0.15, 0.2) is 5.78 Å². The molecule has 0 spiro atoms. The molecular weight excluding hydrogens is 388 g/mol. The van der Waals surface area contributed by atoms with Crippen LogP contribution in [0.3, 0.4) is 0 Å². The van der Waals surface area contributed by atoms with Crippen molar-refractivity contribution in [1.82, 2.24) is 9.13 Å². The Morgan fingerprint density at radius 1 is 1.03 bits per heavy atom. The minimum absolute atomic E-state index is 0.107. The number of aromatic nitrogens is 2. The lowest BCUT2D eigenvalue weighted by atomic mass is 10.1. The van der Waals surface area contributed by atoms with Gasteiger partial charge in [-0.25, -0.2) is 9.59 Å². The molecule has 0 aliphatic heterocycles. The Morgan fingerprint density at radius 2 is 1.73 bits per heavy atom. The molecule has 0 bridgehead atoms. The second kappa shape index (κ2) is 8.75. The van der Waals surface area contributed by atoms with Gasteiger partial charge in [-0.3, -0.25) is 18.7 Å². The number of anilines is 2. The van der Waals surface area contributed by atoms with Gasteiger partial charge in [0.25, 0.3) is 5.56 Å². The average molecular weight is 410 g/mol. The standard InChI is InChI=1S/C21H22N4O5/c1-13(26)14-5-4-6-15(11-14)22-20(28)23-16-7-8-18-17(12-16)19(27)25(9-10-30-3)21(29)24(18)2/h4-8,11-12H,9-10H2,1-3H3,(H2,22,23,28). The van der Waals surface area contributed by atoms with E-state index in [0.717, 1.165) is 4.57 Å². The lowest BCUT2D eigenvalue weighted by molar-refractivity contribution is 0.101. The van der Waals surface area contributed by atoms with Crippen LogP contribution in [0, 0.1) is 0 Å². The van der Waals surface area contributed by atoms with Crippen molar-refractivity contribution in [3.8, 4) is 0 Å². The number of amides is 2. The van der Waals surface area contributed by atoms with Gasteiger partial charge in [-0.05, 0) is 37.3 Å². The Bertz CT molecular complexity index is 1240. The number of benzene rings is 2. The lowest BCUT2D eigenvalue weighted by Gasteiger charge is -2.12. The molecule has 1 heterocycles. The predicted octanol–water partition coefficient (Wildman–Crippen LogP) is 2.19. The molecule has 2 amide bonds. The van der Waals surface area contributed by atoms with Crippen LogP contribution >= 0.6 is 0 Å². The van der Waals surface area contributed by atoms with Crippen LogP contribution in [0.2, 0.25) is 0 Å². The summed E-state index contributed by atoms with van der Waals surface area (Å²) in [6, 6.07) is 10.8. The first-order valence-electron chi connectivity index (χ1n) is 9.23. The van der Waals surface area contributed by atoms with E-state index in [2.05, 4.69) is 10.6 Å². The van der Waals surface area contributed by atoms with E-state index in [1.165, 1.54) is 24.7 Å². The molecule has 0 fully saturated rings. The van der Waals surface area contributed by atoms with Crippen LogP contribution in [0.15, 0.2) is 52.1 Å². The summed E-state index contributed by atoms with van der Waals surface area (Å²) < 4.78 is 7.45. The minimum atomic E-state index is -0.528. The lowest BCUT2D eigenvalue weighted by Crippen LogP contribution is -2.40. The first-order chi connectivity index (χ1) is 14.3. The number of ketones is 1. The van der Waals surface area contributed by atoms with E-state index in [1.807, 2.05) is 0 Å². The fourth-order valence-electron chi connectivity index (χ4n) is 3.08. The SMILES string of the molecule is COCCn1c(=O)c2cc(NC(=O)Nc3cccc(C(C)=O)c3)ccc2n(C)c1=O. The molecule has 0 saturated heterocycles. The van der Waals surface area contributed by atoms with Gasteiger partial charge in [0.1, 0.15) is 0 Å². The first-order valence-corrected chi connectivity index (χ1v) is 9.23. The Kier molecular flexibility index (Phi) is 6.12. The molecule has 156 valence electrons. The van der Waals surface area contributed by atoms with E-state index in [0.29, 0.717) is 27.8 Å². The molecule has 0 saturated carbocycles. The molecule has 9 heteroatoms. The second-order valence-corrected chi connectivity index (χ2v) is 6.74. The van der Waals surface area contributed by atoms with Gasteiger partial charge in [-0.1, -0.05) is 12.1 Å². The number of nitrogens with zero attached hydrogens (tertiary/aromatic N) is 2.